The van der Waals surface area contributed by atoms with Crippen LogP contribution in [0.25, 0.3) is 0 Å². The average molecular weight is 550 g/mol. The van der Waals surface area contributed by atoms with Crippen molar-refractivity contribution in [3.05, 3.63) is 0 Å². The Morgan fingerprint density at radius 1 is 0.289 bits per heavy atom. The Morgan fingerprint density at radius 3 is 0.816 bits per heavy atom. The van der Waals surface area contributed by atoms with Crippen molar-refractivity contribution in [2.24, 2.45) is 5.73 Å². The van der Waals surface area contributed by atoms with Gasteiger partial charge in [-0.05, 0) is 6.42 Å². The number of rotatable bonds is 35. The van der Waals surface area contributed by atoms with Crippen molar-refractivity contribution in [2.75, 3.05) is 99.0 Å². The molecule has 0 unspecified atom stereocenters. The van der Waals surface area contributed by atoms with Gasteiger partial charge in [-0.2, -0.15) is 0 Å². The van der Waals surface area contributed by atoms with E-state index in [0.29, 0.717) is 92.4 Å². The first kappa shape index (κ1) is 37.7. The van der Waals surface area contributed by atoms with E-state index in [1.807, 2.05) is 0 Å². The van der Waals surface area contributed by atoms with Gasteiger partial charge >= 0.3 is 0 Å². The quantitative estimate of drug-likeness (QED) is 0.103. The first-order valence-electron chi connectivity index (χ1n) is 15.7. The van der Waals surface area contributed by atoms with Crippen molar-refractivity contribution >= 4 is 0 Å². The molecule has 2 N–H and O–H groups in total. The van der Waals surface area contributed by atoms with E-state index in [1.165, 1.54) is 83.5 Å². The van der Waals surface area contributed by atoms with E-state index in [1.54, 1.807) is 0 Å². The molecular weight excluding hydrogens is 486 g/mol. The third-order valence-corrected chi connectivity index (χ3v) is 6.14. The Labute approximate surface area is 234 Å². The fourth-order valence-electron chi connectivity index (χ4n) is 3.90. The van der Waals surface area contributed by atoms with Gasteiger partial charge in [0.1, 0.15) is 0 Å². The molecule has 0 bridgehead atoms. The molecular formula is C30H63NO7. The molecule has 0 saturated heterocycles. The smallest absolute Gasteiger partial charge is 0.0701 e. The van der Waals surface area contributed by atoms with Gasteiger partial charge in [0.15, 0.2) is 0 Å². The van der Waals surface area contributed by atoms with E-state index in [0.717, 1.165) is 13.0 Å². The fraction of sp³-hybridized carbons (Fsp3) is 1.00. The highest BCUT2D eigenvalue weighted by molar-refractivity contribution is 4.49. The minimum Gasteiger partial charge on any atom is -0.379 e. The Bertz CT molecular complexity index is 369. The van der Waals surface area contributed by atoms with Crippen LogP contribution in [0, 0.1) is 0 Å². The molecule has 0 rings (SSSR count). The fourth-order valence-corrected chi connectivity index (χ4v) is 3.90. The van der Waals surface area contributed by atoms with Crippen molar-refractivity contribution in [1.29, 1.82) is 0 Å². The first-order chi connectivity index (χ1) is 18.9. The standard InChI is InChI=1S/C30H63NO7/c1-2-3-4-5-6-7-8-9-10-11-12-13-14-15-17-32-19-21-34-23-25-36-27-29-38-30-28-37-26-24-35-22-20-33-18-16-31/h2-31H2,1H3. The van der Waals surface area contributed by atoms with Crippen LogP contribution >= 0.6 is 0 Å². The van der Waals surface area contributed by atoms with Gasteiger partial charge in [0.05, 0.1) is 85.9 Å². The van der Waals surface area contributed by atoms with E-state index in [9.17, 15) is 0 Å². The summed E-state index contributed by atoms with van der Waals surface area (Å²) in [4.78, 5) is 0. The maximum Gasteiger partial charge on any atom is 0.0701 e. The highest BCUT2D eigenvalue weighted by Crippen LogP contribution is 2.12. The molecule has 0 fully saturated rings. The molecule has 0 aromatic heterocycles. The molecule has 8 heteroatoms. The number of hydrogen-bond acceptors (Lipinski definition) is 8. The molecule has 0 aliphatic carbocycles. The molecule has 0 aliphatic rings. The Morgan fingerprint density at radius 2 is 0.526 bits per heavy atom. The second-order valence-electron chi connectivity index (χ2n) is 9.67. The van der Waals surface area contributed by atoms with Crippen LogP contribution in [0.1, 0.15) is 96.8 Å². The van der Waals surface area contributed by atoms with Gasteiger partial charge in [-0.25, -0.2) is 0 Å². The van der Waals surface area contributed by atoms with Crippen molar-refractivity contribution in [3.8, 4) is 0 Å². The third kappa shape index (κ3) is 35.7. The largest absolute Gasteiger partial charge is 0.379 e. The minimum atomic E-state index is 0.539. The summed E-state index contributed by atoms with van der Waals surface area (Å²) in [7, 11) is 0. The Hall–Kier alpha value is -0.320. The second-order valence-corrected chi connectivity index (χ2v) is 9.67. The molecule has 0 amide bonds. The van der Waals surface area contributed by atoms with Crippen LogP contribution in [-0.4, -0.2) is 99.0 Å². The van der Waals surface area contributed by atoms with Gasteiger partial charge in [0.25, 0.3) is 0 Å². The summed E-state index contributed by atoms with van der Waals surface area (Å²) in [6.45, 7) is 11.1. The lowest BCUT2D eigenvalue weighted by molar-refractivity contribution is -0.0203. The zero-order valence-electron chi connectivity index (χ0n) is 24.9. The van der Waals surface area contributed by atoms with E-state index in [2.05, 4.69) is 6.92 Å². The zero-order valence-corrected chi connectivity index (χ0v) is 24.9. The molecule has 0 aliphatic heterocycles. The first-order valence-corrected chi connectivity index (χ1v) is 15.7. The SMILES string of the molecule is CCCCCCCCCCCCCCCCOCCOCCOCCOCCOCCOCCOCCN. The highest BCUT2D eigenvalue weighted by Gasteiger charge is 1.96. The lowest BCUT2D eigenvalue weighted by atomic mass is 10.0. The molecule has 8 nitrogen and oxygen atoms in total. The van der Waals surface area contributed by atoms with E-state index < -0.39 is 0 Å². The van der Waals surface area contributed by atoms with Crippen LogP contribution in [0.5, 0.6) is 0 Å². The highest BCUT2D eigenvalue weighted by atomic mass is 16.6. The summed E-state index contributed by atoms with van der Waals surface area (Å²) in [6, 6.07) is 0. The van der Waals surface area contributed by atoms with Gasteiger partial charge in [-0.3, -0.25) is 0 Å². The molecule has 0 atom stereocenters. The number of nitrogens with two attached hydrogens (primary N) is 1. The minimum absolute atomic E-state index is 0.539. The normalized spacial score (nSPS) is 11.5. The molecule has 38 heavy (non-hydrogen) atoms. The molecule has 0 saturated carbocycles. The predicted octanol–water partition coefficient (Wildman–Crippen LogP) is 5.54. The van der Waals surface area contributed by atoms with Crippen LogP contribution in [0.2, 0.25) is 0 Å². The molecule has 0 heterocycles. The van der Waals surface area contributed by atoms with Gasteiger partial charge in [-0.15, -0.1) is 0 Å². The third-order valence-electron chi connectivity index (χ3n) is 6.14. The van der Waals surface area contributed by atoms with E-state index in [4.69, 9.17) is 38.9 Å². The molecule has 0 aromatic rings. The summed E-state index contributed by atoms with van der Waals surface area (Å²) < 4.78 is 38.2. The van der Waals surface area contributed by atoms with Crippen LogP contribution in [-0.2, 0) is 33.2 Å². The van der Waals surface area contributed by atoms with Crippen LogP contribution < -0.4 is 5.73 Å². The predicted molar refractivity (Wildman–Crippen MR) is 155 cm³/mol. The molecule has 0 spiro atoms. The van der Waals surface area contributed by atoms with Crippen LogP contribution in [0.3, 0.4) is 0 Å². The van der Waals surface area contributed by atoms with Gasteiger partial charge in [0, 0.05) is 13.2 Å². The Kier molecular flexibility index (Phi) is 36.4. The summed E-state index contributed by atoms with van der Waals surface area (Å²) in [5, 5.41) is 0. The van der Waals surface area contributed by atoms with Crippen LogP contribution in [0.4, 0.5) is 0 Å². The van der Waals surface area contributed by atoms with Crippen LogP contribution in [0.15, 0.2) is 0 Å². The number of hydrogen-bond donors (Lipinski definition) is 1. The van der Waals surface area contributed by atoms with E-state index in [-0.39, 0.29) is 0 Å². The number of ether oxygens (including phenoxy) is 7. The van der Waals surface area contributed by atoms with Crippen molar-refractivity contribution in [3.63, 3.8) is 0 Å². The summed E-state index contributed by atoms with van der Waals surface area (Å²) in [5.41, 5.74) is 5.33. The lowest BCUT2D eigenvalue weighted by Crippen LogP contribution is -2.15. The maximum atomic E-state index is 5.66. The van der Waals surface area contributed by atoms with Gasteiger partial charge < -0.3 is 38.9 Å². The van der Waals surface area contributed by atoms with Crippen molar-refractivity contribution in [1.82, 2.24) is 0 Å². The topological polar surface area (TPSA) is 90.6 Å². The van der Waals surface area contributed by atoms with Gasteiger partial charge in [-0.1, -0.05) is 90.4 Å². The lowest BCUT2D eigenvalue weighted by Gasteiger charge is -2.08. The monoisotopic (exact) mass is 549 g/mol. The van der Waals surface area contributed by atoms with Gasteiger partial charge in [0.2, 0.25) is 0 Å². The average Bonchev–Trinajstić information content (AvgIpc) is 2.93. The molecule has 0 radical (unpaired) electrons. The summed E-state index contributed by atoms with van der Waals surface area (Å²) in [6.07, 6.45) is 19.3. The maximum absolute atomic E-state index is 5.66. The second kappa shape index (κ2) is 36.7. The zero-order chi connectivity index (χ0) is 27.5. The van der Waals surface area contributed by atoms with Crippen molar-refractivity contribution in [2.45, 2.75) is 96.8 Å². The van der Waals surface area contributed by atoms with Crippen molar-refractivity contribution < 1.29 is 33.2 Å². The number of unbranched alkanes of at least 4 members (excludes halogenated alkanes) is 13. The summed E-state index contributed by atoms with van der Waals surface area (Å²) >= 11 is 0. The summed E-state index contributed by atoms with van der Waals surface area (Å²) in [5.74, 6) is 0. The Balaban J connectivity index is 3.01. The van der Waals surface area contributed by atoms with E-state index >= 15 is 0 Å². The molecule has 0 aromatic carbocycles. The molecule has 230 valence electrons.